The highest BCUT2D eigenvalue weighted by atomic mass is 32.2. The van der Waals surface area contributed by atoms with Crippen LogP contribution in [0.25, 0.3) is 11.5 Å². The number of carbonyl (C=O) groups is 2. The molecular weight excluding hydrogens is 412 g/mol. The molecule has 1 saturated carbocycles. The maximum absolute atomic E-state index is 12.1. The van der Waals surface area contributed by atoms with Gasteiger partial charge in [-0.15, -0.1) is 0 Å². The SMILES string of the molecule is Cc1ccc(-c2nc(COC3CCCC(CCC4SC(=O)N(C)C4=O)C3)c(C)o2)cc1. The lowest BCUT2D eigenvalue weighted by molar-refractivity contribution is -0.125. The first kappa shape index (κ1) is 22.1. The Bertz CT molecular complexity index is 940. The van der Waals surface area contributed by atoms with Crippen molar-refractivity contribution in [1.29, 1.82) is 0 Å². The van der Waals surface area contributed by atoms with Gasteiger partial charge in [-0.2, -0.15) is 0 Å². The minimum Gasteiger partial charge on any atom is -0.441 e. The number of carbonyl (C=O) groups excluding carboxylic acids is 2. The average molecular weight is 443 g/mol. The molecule has 0 spiro atoms. The van der Waals surface area contributed by atoms with Crippen LogP contribution in [0.3, 0.4) is 0 Å². The highest BCUT2D eigenvalue weighted by Crippen LogP contribution is 2.35. The molecule has 2 aromatic rings. The second-order valence-electron chi connectivity index (χ2n) is 8.70. The molecule has 0 bridgehead atoms. The lowest BCUT2D eigenvalue weighted by Gasteiger charge is -2.29. The summed E-state index contributed by atoms with van der Waals surface area (Å²) in [6.45, 7) is 4.44. The molecule has 3 atom stereocenters. The number of thioether (sulfide) groups is 1. The van der Waals surface area contributed by atoms with Crippen molar-refractivity contribution in [3.8, 4) is 11.5 Å². The summed E-state index contributed by atoms with van der Waals surface area (Å²) in [5.74, 6) is 1.92. The Morgan fingerprint density at radius 3 is 2.65 bits per heavy atom. The van der Waals surface area contributed by atoms with Crippen molar-refractivity contribution in [3.63, 3.8) is 0 Å². The highest BCUT2D eigenvalue weighted by molar-refractivity contribution is 8.15. The molecule has 2 aliphatic rings. The Labute approximate surface area is 187 Å². The number of ether oxygens (including phenoxy) is 1. The second kappa shape index (κ2) is 9.57. The molecule has 166 valence electrons. The summed E-state index contributed by atoms with van der Waals surface area (Å²) in [4.78, 5) is 29.7. The topological polar surface area (TPSA) is 72.6 Å². The van der Waals surface area contributed by atoms with Crippen molar-refractivity contribution in [3.05, 3.63) is 41.3 Å². The number of aromatic nitrogens is 1. The van der Waals surface area contributed by atoms with Crippen LogP contribution in [-0.2, 0) is 16.1 Å². The summed E-state index contributed by atoms with van der Waals surface area (Å²) in [6.07, 6.45) is 6.27. The molecule has 1 aliphatic carbocycles. The summed E-state index contributed by atoms with van der Waals surface area (Å²) in [6, 6.07) is 8.16. The third-order valence-corrected chi connectivity index (χ3v) is 7.54. The van der Waals surface area contributed by atoms with Crippen molar-refractivity contribution in [2.75, 3.05) is 7.05 Å². The van der Waals surface area contributed by atoms with Gasteiger partial charge in [0.05, 0.1) is 18.0 Å². The van der Waals surface area contributed by atoms with Gasteiger partial charge in [0.1, 0.15) is 11.5 Å². The van der Waals surface area contributed by atoms with Crippen molar-refractivity contribution in [2.45, 2.75) is 70.3 Å². The molecular formula is C24H30N2O4S. The molecule has 2 heterocycles. The zero-order valence-electron chi connectivity index (χ0n) is 18.4. The number of oxazole rings is 1. The van der Waals surface area contributed by atoms with Crippen LogP contribution in [-0.4, -0.2) is 39.4 Å². The van der Waals surface area contributed by atoms with E-state index in [9.17, 15) is 9.59 Å². The Morgan fingerprint density at radius 2 is 1.94 bits per heavy atom. The minimum atomic E-state index is -0.211. The van der Waals surface area contributed by atoms with Crippen molar-refractivity contribution in [2.24, 2.45) is 5.92 Å². The van der Waals surface area contributed by atoms with Crippen molar-refractivity contribution < 1.29 is 18.7 Å². The van der Waals surface area contributed by atoms with E-state index in [-0.39, 0.29) is 22.5 Å². The van der Waals surface area contributed by atoms with E-state index in [0.717, 1.165) is 55.5 Å². The first-order chi connectivity index (χ1) is 14.9. The average Bonchev–Trinajstić information content (AvgIpc) is 3.26. The lowest BCUT2D eigenvalue weighted by atomic mass is 9.84. The number of imide groups is 1. The smallest absolute Gasteiger partial charge is 0.288 e. The molecule has 2 amide bonds. The predicted octanol–water partition coefficient (Wildman–Crippen LogP) is 5.51. The monoisotopic (exact) mass is 442 g/mol. The van der Waals surface area contributed by atoms with E-state index in [1.54, 1.807) is 7.05 Å². The number of aryl methyl sites for hydroxylation is 2. The fourth-order valence-electron chi connectivity index (χ4n) is 4.36. The molecule has 2 fully saturated rings. The third-order valence-electron chi connectivity index (χ3n) is 6.34. The van der Waals surface area contributed by atoms with E-state index >= 15 is 0 Å². The standard InChI is InChI=1S/C24H30N2O4S/c1-15-7-10-18(11-8-15)22-25-20(16(2)30-22)14-29-19-6-4-5-17(13-19)9-12-21-23(27)26(3)24(28)31-21/h7-8,10-11,17,19,21H,4-6,9,12-14H2,1-3H3. The fraction of sp³-hybridized carbons (Fsp3) is 0.542. The van der Waals surface area contributed by atoms with Crippen molar-refractivity contribution in [1.82, 2.24) is 9.88 Å². The fourth-order valence-corrected chi connectivity index (χ4v) is 5.36. The maximum Gasteiger partial charge on any atom is 0.288 e. The Morgan fingerprint density at radius 1 is 1.16 bits per heavy atom. The Balaban J connectivity index is 1.28. The van der Waals surface area contributed by atoms with Crippen LogP contribution in [0.1, 0.15) is 55.5 Å². The first-order valence-electron chi connectivity index (χ1n) is 11.0. The van der Waals surface area contributed by atoms with Gasteiger partial charge >= 0.3 is 0 Å². The maximum atomic E-state index is 12.1. The van der Waals surface area contributed by atoms with Crippen LogP contribution < -0.4 is 0 Å². The van der Waals surface area contributed by atoms with E-state index in [1.807, 2.05) is 19.1 Å². The number of hydrogen-bond acceptors (Lipinski definition) is 6. The summed E-state index contributed by atoms with van der Waals surface area (Å²) in [7, 11) is 1.57. The molecule has 6 nitrogen and oxygen atoms in total. The predicted molar refractivity (Wildman–Crippen MR) is 121 cm³/mol. The van der Waals surface area contributed by atoms with Gasteiger partial charge in [0.25, 0.3) is 5.24 Å². The zero-order chi connectivity index (χ0) is 22.0. The van der Waals surface area contributed by atoms with E-state index in [4.69, 9.17) is 9.15 Å². The molecule has 1 aliphatic heterocycles. The Hall–Kier alpha value is -2.12. The molecule has 1 aromatic carbocycles. The summed E-state index contributed by atoms with van der Waals surface area (Å²) >= 11 is 1.17. The molecule has 1 aromatic heterocycles. The van der Waals surface area contributed by atoms with Crippen LogP contribution in [0.4, 0.5) is 4.79 Å². The van der Waals surface area contributed by atoms with E-state index in [0.29, 0.717) is 18.4 Å². The molecule has 31 heavy (non-hydrogen) atoms. The van der Waals surface area contributed by atoms with Gasteiger partial charge in [0, 0.05) is 12.6 Å². The zero-order valence-corrected chi connectivity index (χ0v) is 19.2. The van der Waals surface area contributed by atoms with Crippen LogP contribution in [0.2, 0.25) is 0 Å². The quantitative estimate of drug-likeness (QED) is 0.563. The first-order valence-corrected chi connectivity index (χ1v) is 11.9. The lowest BCUT2D eigenvalue weighted by Crippen LogP contribution is -2.28. The molecule has 0 radical (unpaired) electrons. The van der Waals surface area contributed by atoms with E-state index in [2.05, 4.69) is 24.0 Å². The van der Waals surface area contributed by atoms with Gasteiger partial charge in [-0.25, -0.2) is 4.98 Å². The molecule has 3 unspecified atom stereocenters. The Kier molecular flexibility index (Phi) is 6.82. The number of hydrogen-bond donors (Lipinski definition) is 0. The van der Waals surface area contributed by atoms with Crippen LogP contribution in [0.5, 0.6) is 0 Å². The van der Waals surface area contributed by atoms with Gasteiger partial charge in [0.15, 0.2) is 0 Å². The van der Waals surface area contributed by atoms with E-state index in [1.165, 1.54) is 22.2 Å². The molecule has 1 saturated heterocycles. The number of rotatable bonds is 7. The van der Waals surface area contributed by atoms with Crippen LogP contribution in [0, 0.1) is 19.8 Å². The second-order valence-corrected chi connectivity index (χ2v) is 9.85. The minimum absolute atomic E-state index is 0.0514. The van der Waals surface area contributed by atoms with Crippen molar-refractivity contribution >= 4 is 22.9 Å². The molecule has 4 rings (SSSR count). The van der Waals surface area contributed by atoms with Gasteiger partial charge in [-0.1, -0.05) is 42.3 Å². The number of nitrogens with zero attached hydrogens (tertiary/aromatic N) is 2. The van der Waals surface area contributed by atoms with Gasteiger partial charge in [-0.05, 0) is 57.6 Å². The van der Waals surface area contributed by atoms with Gasteiger partial charge < -0.3 is 9.15 Å². The van der Waals surface area contributed by atoms with Crippen LogP contribution >= 0.6 is 11.8 Å². The summed E-state index contributed by atoms with van der Waals surface area (Å²) < 4.78 is 12.1. The van der Waals surface area contributed by atoms with Gasteiger partial charge in [0.2, 0.25) is 11.8 Å². The molecule has 0 N–H and O–H groups in total. The third kappa shape index (κ3) is 5.21. The number of benzene rings is 1. The normalized spacial score (nSPS) is 24.2. The summed E-state index contributed by atoms with van der Waals surface area (Å²) in [5.41, 5.74) is 3.03. The largest absolute Gasteiger partial charge is 0.441 e. The van der Waals surface area contributed by atoms with Gasteiger partial charge in [-0.3, -0.25) is 14.5 Å². The van der Waals surface area contributed by atoms with Crippen LogP contribution in [0.15, 0.2) is 28.7 Å². The highest BCUT2D eigenvalue weighted by Gasteiger charge is 2.37. The summed E-state index contributed by atoms with van der Waals surface area (Å²) in [5, 5.41) is -0.343. The molecule has 7 heteroatoms. The van der Waals surface area contributed by atoms with E-state index < -0.39 is 0 Å². The number of amides is 2.